The molecule has 11 nitrogen and oxygen atoms in total. The molecule has 1 aromatic rings. The highest BCUT2D eigenvalue weighted by atomic mass is 32.1. The minimum atomic E-state index is -1.18. The van der Waals surface area contributed by atoms with Crippen molar-refractivity contribution in [3.63, 3.8) is 0 Å². The molecular formula is C21H33N5O6S. The molecule has 1 aromatic carbocycles. The van der Waals surface area contributed by atoms with E-state index in [0.717, 1.165) is 5.56 Å². The van der Waals surface area contributed by atoms with Gasteiger partial charge in [-0.05, 0) is 56.8 Å². The van der Waals surface area contributed by atoms with Crippen molar-refractivity contribution in [2.24, 2.45) is 11.5 Å². The number of aromatic hydroxyl groups is 1. The molecule has 12 heteroatoms. The van der Waals surface area contributed by atoms with Gasteiger partial charge in [-0.1, -0.05) is 12.1 Å². The second-order valence-electron chi connectivity index (χ2n) is 7.63. The van der Waals surface area contributed by atoms with Crippen LogP contribution in [0, 0.1) is 0 Å². The van der Waals surface area contributed by atoms with Gasteiger partial charge in [0.1, 0.15) is 23.9 Å². The summed E-state index contributed by atoms with van der Waals surface area (Å²) in [6, 6.07) is 2.07. The van der Waals surface area contributed by atoms with Crippen LogP contribution < -0.4 is 27.4 Å². The summed E-state index contributed by atoms with van der Waals surface area (Å²) in [5.74, 6) is -3.05. The SMILES string of the molecule is CC(NC(=O)C(CS)NC(=O)C(N)Cc1ccc(O)cc1)C(=O)NC(CCCCN)C(=O)O. The molecule has 4 unspecified atom stereocenters. The number of thiol groups is 1. The largest absolute Gasteiger partial charge is 0.508 e. The van der Waals surface area contributed by atoms with E-state index >= 15 is 0 Å². The van der Waals surface area contributed by atoms with Gasteiger partial charge in [-0.3, -0.25) is 14.4 Å². The number of aliphatic carboxylic acids is 1. The summed E-state index contributed by atoms with van der Waals surface area (Å²) in [5.41, 5.74) is 12.0. The Labute approximate surface area is 198 Å². The van der Waals surface area contributed by atoms with Crippen LogP contribution in [0.4, 0.5) is 0 Å². The highest BCUT2D eigenvalue weighted by molar-refractivity contribution is 7.80. The van der Waals surface area contributed by atoms with E-state index in [-0.39, 0.29) is 24.3 Å². The predicted molar refractivity (Wildman–Crippen MR) is 126 cm³/mol. The van der Waals surface area contributed by atoms with E-state index in [0.29, 0.717) is 19.4 Å². The Bertz CT molecular complexity index is 807. The van der Waals surface area contributed by atoms with Crippen molar-refractivity contribution in [2.75, 3.05) is 12.3 Å². The number of nitrogens with two attached hydrogens (primary N) is 2. The summed E-state index contributed by atoms with van der Waals surface area (Å²) in [4.78, 5) is 48.6. The summed E-state index contributed by atoms with van der Waals surface area (Å²) in [5, 5.41) is 25.9. The fourth-order valence-electron chi connectivity index (χ4n) is 2.88. The van der Waals surface area contributed by atoms with Gasteiger partial charge in [0.15, 0.2) is 0 Å². The standard InChI is InChI=1S/C21H33N5O6S/c1-12(18(28)25-16(21(31)32)4-2-3-9-22)24-20(30)17(11-33)26-19(29)15(23)10-13-5-7-14(27)8-6-13/h5-8,12,15-17,27,33H,2-4,9-11,22-23H2,1H3,(H,24,30)(H,25,28)(H,26,29)(H,31,32). The first-order valence-electron chi connectivity index (χ1n) is 10.6. The maximum Gasteiger partial charge on any atom is 0.326 e. The number of carbonyl (C=O) groups is 4. The van der Waals surface area contributed by atoms with Crippen molar-refractivity contribution in [3.8, 4) is 5.75 Å². The molecular weight excluding hydrogens is 450 g/mol. The minimum absolute atomic E-state index is 0.0469. The molecule has 9 N–H and O–H groups in total. The highest BCUT2D eigenvalue weighted by Crippen LogP contribution is 2.11. The highest BCUT2D eigenvalue weighted by Gasteiger charge is 2.27. The number of rotatable bonds is 14. The summed E-state index contributed by atoms with van der Waals surface area (Å²) in [7, 11) is 0. The number of unbranched alkanes of at least 4 members (excludes halogenated alkanes) is 1. The Morgan fingerprint density at radius 2 is 1.58 bits per heavy atom. The smallest absolute Gasteiger partial charge is 0.326 e. The second kappa shape index (κ2) is 14.3. The lowest BCUT2D eigenvalue weighted by atomic mass is 10.1. The number of hydrogen-bond acceptors (Lipinski definition) is 8. The molecule has 4 atom stereocenters. The molecule has 0 radical (unpaired) electrons. The zero-order valence-corrected chi connectivity index (χ0v) is 19.4. The number of carboxylic acid groups (broad SMARTS) is 1. The predicted octanol–water partition coefficient (Wildman–Crippen LogP) is -1.12. The van der Waals surface area contributed by atoms with E-state index in [2.05, 4.69) is 28.6 Å². The topological polar surface area (TPSA) is 197 Å². The summed E-state index contributed by atoms with van der Waals surface area (Å²) >= 11 is 4.08. The molecule has 0 spiro atoms. The van der Waals surface area contributed by atoms with Crippen LogP contribution >= 0.6 is 12.6 Å². The van der Waals surface area contributed by atoms with Crippen LogP contribution in [0.5, 0.6) is 5.75 Å². The van der Waals surface area contributed by atoms with Gasteiger partial charge in [0, 0.05) is 5.75 Å². The van der Waals surface area contributed by atoms with Gasteiger partial charge in [0.05, 0.1) is 6.04 Å². The van der Waals surface area contributed by atoms with Gasteiger partial charge < -0.3 is 37.6 Å². The molecule has 1 rings (SSSR count). The molecule has 0 bridgehead atoms. The van der Waals surface area contributed by atoms with Crippen LogP contribution in [-0.2, 0) is 25.6 Å². The van der Waals surface area contributed by atoms with Crippen molar-refractivity contribution in [2.45, 2.75) is 56.8 Å². The van der Waals surface area contributed by atoms with Crippen LogP contribution in [-0.4, -0.2) is 70.4 Å². The molecule has 0 saturated carbocycles. The first-order chi connectivity index (χ1) is 15.6. The lowest BCUT2D eigenvalue weighted by Gasteiger charge is -2.22. The number of nitrogens with one attached hydrogen (secondary N) is 3. The zero-order valence-electron chi connectivity index (χ0n) is 18.5. The monoisotopic (exact) mass is 483 g/mol. The summed E-state index contributed by atoms with van der Waals surface area (Å²) in [6.07, 6.45) is 1.57. The van der Waals surface area contributed by atoms with Gasteiger partial charge in [0.2, 0.25) is 17.7 Å². The molecule has 0 saturated heterocycles. The van der Waals surface area contributed by atoms with Crippen LogP contribution in [0.25, 0.3) is 0 Å². The normalized spacial score (nSPS) is 14.4. The van der Waals surface area contributed by atoms with Crippen LogP contribution in [0.3, 0.4) is 0 Å². The van der Waals surface area contributed by atoms with E-state index in [9.17, 15) is 29.4 Å². The molecule has 184 valence electrons. The van der Waals surface area contributed by atoms with Gasteiger partial charge >= 0.3 is 5.97 Å². The number of amides is 3. The van der Waals surface area contributed by atoms with Crippen molar-refractivity contribution < 1.29 is 29.4 Å². The van der Waals surface area contributed by atoms with E-state index < -0.39 is 47.9 Å². The van der Waals surface area contributed by atoms with Crippen LogP contribution in [0.1, 0.15) is 31.7 Å². The summed E-state index contributed by atoms with van der Waals surface area (Å²) in [6.45, 7) is 1.82. The van der Waals surface area contributed by atoms with Gasteiger partial charge in [-0.15, -0.1) is 0 Å². The number of benzene rings is 1. The molecule has 0 fully saturated rings. The lowest BCUT2D eigenvalue weighted by Crippen LogP contribution is -2.57. The Kier molecular flexibility index (Phi) is 12.3. The quantitative estimate of drug-likeness (QED) is 0.120. The van der Waals surface area contributed by atoms with Crippen molar-refractivity contribution in [3.05, 3.63) is 29.8 Å². The Hall–Kier alpha value is -2.83. The summed E-state index contributed by atoms with van der Waals surface area (Å²) < 4.78 is 0. The third-order valence-corrected chi connectivity index (χ3v) is 5.22. The minimum Gasteiger partial charge on any atom is -0.508 e. The van der Waals surface area contributed by atoms with Gasteiger partial charge in [-0.25, -0.2) is 4.79 Å². The fourth-order valence-corrected chi connectivity index (χ4v) is 3.14. The van der Waals surface area contributed by atoms with Crippen LogP contribution in [0.15, 0.2) is 24.3 Å². The van der Waals surface area contributed by atoms with E-state index in [1.807, 2.05) is 0 Å². The Morgan fingerprint density at radius 1 is 0.970 bits per heavy atom. The van der Waals surface area contributed by atoms with Gasteiger partial charge in [-0.2, -0.15) is 12.6 Å². The lowest BCUT2D eigenvalue weighted by molar-refractivity contribution is -0.142. The molecule has 33 heavy (non-hydrogen) atoms. The maximum atomic E-state index is 12.5. The Balaban J connectivity index is 2.61. The molecule has 0 aromatic heterocycles. The average Bonchev–Trinajstić information content (AvgIpc) is 2.77. The average molecular weight is 484 g/mol. The van der Waals surface area contributed by atoms with Gasteiger partial charge in [0.25, 0.3) is 0 Å². The molecule has 0 aliphatic rings. The van der Waals surface area contributed by atoms with E-state index in [1.54, 1.807) is 12.1 Å². The zero-order chi connectivity index (χ0) is 25.0. The Morgan fingerprint density at radius 3 is 2.12 bits per heavy atom. The molecule has 3 amide bonds. The number of hydrogen-bond donors (Lipinski definition) is 8. The number of carbonyl (C=O) groups excluding carboxylic acids is 3. The number of phenolic OH excluding ortho intramolecular Hbond substituents is 1. The third kappa shape index (κ3) is 10.1. The van der Waals surface area contributed by atoms with Crippen molar-refractivity contribution in [1.82, 2.24) is 16.0 Å². The van der Waals surface area contributed by atoms with Crippen LogP contribution in [0.2, 0.25) is 0 Å². The molecule has 0 heterocycles. The van der Waals surface area contributed by atoms with E-state index in [4.69, 9.17) is 11.5 Å². The van der Waals surface area contributed by atoms with Crippen molar-refractivity contribution in [1.29, 1.82) is 0 Å². The fraction of sp³-hybridized carbons (Fsp3) is 0.524. The number of phenols is 1. The number of carboxylic acids is 1. The molecule has 0 aliphatic carbocycles. The first kappa shape index (κ1) is 28.2. The molecule has 0 aliphatic heterocycles. The first-order valence-corrected chi connectivity index (χ1v) is 11.2. The third-order valence-electron chi connectivity index (χ3n) is 4.86. The van der Waals surface area contributed by atoms with E-state index in [1.165, 1.54) is 19.1 Å². The maximum absolute atomic E-state index is 12.5. The second-order valence-corrected chi connectivity index (χ2v) is 8.00. The van der Waals surface area contributed by atoms with Crippen molar-refractivity contribution >= 4 is 36.3 Å².